The summed E-state index contributed by atoms with van der Waals surface area (Å²) in [4.78, 5) is 13.8. The zero-order valence-electron chi connectivity index (χ0n) is 12.3. The van der Waals surface area contributed by atoms with Crippen molar-refractivity contribution in [2.24, 2.45) is 0 Å². The number of thiophene rings is 1. The van der Waals surface area contributed by atoms with Crippen LogP contribution in [0, 0.1) is 0 Å². The van der Waals surface area contributed by atoms with Gasteiger partial charge < -0.3 is 10.1 Å². The minimum absolute atomic E-state index is 0.0300. The predicted molar refractivity (Wildman–Crippen MR) is 92.3 cm³/mol. The molecule has 0 aliphatic carbocycles. The van der Waals surface area contributed by atoms with Crippen LogP contribution in [-0.4, -0.2) is 11.9 Å². The van der Waals surface area contributed by atoms with E-state index in [2.05, 4.69) is 5.32 Å². The summed E-state index contributed by atoms with van der Waals surface area (Å²) in [5, 5.41) is 5.47. The number of hydrogen-bond donors (Lipinski definition) is 1. The van der Waals surface area contributed by atoms with Gasteiger partial charge in [0.1, 0.15) is 11.8 Å². The maximum absolute atomic E-state index is 12.8. The molecule has 0 unspecified atom stereocenters. The van der Waals surface area contributed by atoms with Crippen LogP contribution in [0.4, 0.5) is 5.69 Å². The lowest BCUT2D eigenvalue weighted by molar-refractivity contribution is 0.0832. The van der Waals surface area contributed by atoms with Crippen molar-refractivity contribution in [2.75, 3.05) is 5.32 Å². The van der Waals surface area contributed by atoms with E-state index >= 15 is 0 Å². The van der Waals surface area contributed by atoms with Gasteiger partial charge in [0.15, 0.2) is 6.10 Å². The molecular weight excluding hydrogens is 306 g/mol. The smallest absolute Gasteiger partial charge is 0.209 e. The Kier molecular flexibility index (Phi) is 3.60. The Balaban J connectivity index is 1.68. The van der Waals surface area contributed by atoms with Crippen molar-refractivity contribution in [3.8, 4) is 5.75 Å². The normalized spacial score (nSPS) is 17.4. The van der Waals surface area contributed by atoms with Crippen molar-refractivity contribution >= 4 is 22.8 Å². The second kappa shape index (κ2) is 5.89. The quantitative estimate of drug-likeness (QED) is 0.766. The highest BCUT2D eigenvalue weighted by molar-refractivity contribution is 7.10. The molecule has 114 valence electrons. The molecular formula is C19H15NO2S. The molecule has 1 aromatic heterocycles. The van der Waals surface area contributed by atoms with Gasteiger partial charge in [0.2, 0.25) is 5.78 Å². The molecule has 3 aromatic rings. The first kappa shape index (κ1) is 14.0. The van der Waals surface area contributed by atoms with E-state index in [1.807, 2.05) is 72.1 Å². The van der Waals surface area contributed by atoms with Crippen LogP contribution in [0.3, 0.4) is 0 Å². The van der Waals surface area contributed by atoms with Crippen molar-refractivity contribution in [1.82, 2.24) is 0 Å². The maximum atomic E-state index is 12.8. The van der Waals surface area contributed by atoms with E-state index in [9.17, 15) is 4.79 Å². The summed E-state index contributed by atoms with van der Waals surface area (Å²) in [6, 6.07) is 21.1. The molecule has 2 heterocycles. The second-order valence-corrected chi connectivity index (χ2v) is 6.38. The predicted octanol–water partition coefficient (Wildman–Crippen LogP) is 4.55. The van der Waals surface area contributed by atoms with Crippen molar-refractivity contribution in [1.29, 1.82) is 0 Å². The molecule has 0 saturated heterocycles. The van der Waals surface area contributed by atoms with Crippen molar-refractivity contribution in [2.45, 2.75) is 12.1 Å². The highest BCUT2D eigenvalue weighted by Gasteiger charge is 2.39. The number of nitrogens with one attached hydrogen (secondary N) is 1. The molecule has 0 bridgehead atoms. The molecule has 1 aliphatic rings. The summed E-state index contributed by atoms with van der Waals surface area (Å²) in [6.45, 7) is 0. The SMILES string of the molecule is O=C1c2ccccc2O[C@@H]1[C@@H](Nc1ccccc1)c1cccs1. The molecule has 2 atom stereocenters. The van der Waals surface area contributed by atoms with E-state index in [-0.39, 0.29) is 11.8 Å². The first-order valence-electron chi connectivity index (χ1n) is 7.48. The lowest BCUT2D eigenvalue weighted by Gasteiger charge is -2.23. The Morgan fingerprint density at radius 1 is 0.957 bits per heavy atom. The zero-order chi connectivity index (χ0) is 15.6. The Morgan fingerprint density at radius 2 is 1.74 bits per heavy atom. The fraction of sp³-hybridized carbons (Fsp3) is 0.105. The van der Waals surface area contributed by atoms with Crippen LogP contribution in [0.15, 0.2) is 72.1 Å². The number of benzene rings is 2. The van der Waals surface area contributed by atoms with Crippen molar-refractivity contribution in [3.05, 3.63) is 82.6 Å². The van der Waals surface area contributed by atoms with Crippen LogP contribution in [-0.2, 0) is 0 Å². The van der Waals surface area contributed by atoms with E-state index < -0.39 is 6.10 Å². The third-order valence-corrected chi connectivity index (χ3v) is 4.87. The average Bonchev–Trinajstić information content (AvgIpc) is 3.23. The number of carbonyl (C=O) groups is 1. The van der Waals surface area contributed by atoms with Gasteiger partial charge in [0, 0.05) is 10.6 Å². The third kappa shape index (κ3) is 2.62. The highest BCUT2D eigenvalue weighted by atomic mass is 32.1. The number of hydrogen-bond acceptors (Lipinski definition) is 4. The molecule has 0 fully saturated rings. The maximum Gasteiger partial charge on any atom is 0.209 e. The summed E-state index contributed by atoms with van der Waals surface area (Å²) >= 11 is 1.62. The van der Waals surface area contributed by atoms with Crippen LogP contribution in [0.1, 0.15) is 21.3 Å². The van der Waals surface area contributed by atoms with Gasteiger partial charge in [-0.15, -0.1) is 11.3 Å². The van der Waals surface area contributed by atoms with Gasteiger partial charge in [-0.05, 0) is 35.7 Å². The molecule has 2 aromatic carbocycles. The molecule has 0 amide bonds. The molecule has 0 radical (unpaired) electrons. The van der Waals surface area contributed by atoms with Crippen LogP contribution >= 0.6 is 11.3 Å². The largest absolute Gasteiger partial charge is 0.479 e. The minimum Gasteiger partial charge on any atom is -0.479 e. The third-order valence-electron chi connectivity index (χ3n) is 3.91. The first-order valence-corrected chi connectivity index (χ1v) is 8.36. The molecule has 23 heavy (non-hydrogen) atoms. The monoisotopic (exact) mass is 321 g/mol. The number of carbonyl (C=O) groups excluding carboxylic acids is 1. The van der Waals surface area contributed by atoms with E-state index in [0.29, 0.717) is 11.3 Å². The van der Waals surface area contributed by atoms with Crippen molar-refractivity contribution < 1.29 is 9.53 Å². The van der Waals surface area contributed by atoms with E-state index in [0.717, 1.165) is 10.6 Å². The highest BCUT2D eigenvalue weighted by Crippen LogP contribution is 2.37. The molecule has 0 spiro atoms. The summed E-state index contributed by atoms with van der Waals surface area (Å²) in [5.74, 6) is 0.696. The lowest BCUT2D eigenvalue weighted by atomic mass is 10.0. The number of ether oxygens (including phenoxy) is 1. The van der Waals surface area contributed by atoms with Gasteiger partial charge in [-0.3, -0.25) is 4.79 Å². The fourth-order valence-corrected chi connectivity index (χ4v) is 3.61. The van der Waals surface area contributed by atoms with Crippen LogP contribution < -0.4 is 10.1 Å². The zero-order valence-corrected chi connectivity index (χ0v) is 13.1. The number of fused-ring (bicyclic) bond motifs is 1. The number of anilines is 1. The molecule has 1 N–H and O–H groups in total. The molecule has 1 aliphatic heterocycles. The molecule has 4 rings (SSSR count). The second-order valence-electron chi connectivity index (χ2n) is 5.40. The standard InChI is InChI=1S/C19H15NO2S/c21-18-14-9-4-5-10-15(14)22-19(18)17(16-11-6-12-23-16)20-13-7-2-1-3-8-13/h1-12,17,19-20H/t17-,19+/m0/s1. The van der Waals surface area contributed by atoms with Crippen LogP contribution in [0.5, 0.6) is 5.75 Å². The summed E-state index contributed by atoms with van der Waals surface area (Å²) in [7, 11) is 0. The summed E-state index contributed by atoms with van der Waals surface area (Å²) < 4.78 is 5.97. The number of rotatable bonds is 4. The van der Waals surface area contributed by atoms with Gasteiger partial charge in [0.05, 0.1) is 5.56 Å². The van der Waals surface area contributed by atoms with E-state index in [4.69, 9.17) is 4.74 Å². The lowest BCUT2D eigenvalue weighted by Crippen LogP contribution is -2.33. The minimum atomic E-state index is -0.550. The van der Waals surface area contributed by atoms with Crippen molar-refractivity contribution in [3.63, 3.8) is 0 Å². The average molecular weight is 321 g/mol. The van der Waals surface area contributed by atoms with Gasteiger partial charge in [-0.2, -0.15) is 0 Å². The number of Topliss-reactive ketones (excluding diaryl/α,β-unsaturated/α-hetero) is 1. The van der Waals surface area contributed by atoms with Gasteiger partial charge >= 0.3 is 0 Å². The first-order chi connectivity index (χ1) is 11.3. The van der Waals surface area contributed by atoms with Gasteiger partial charge in [-0.25, -0.2) is 0 Å². The Labute approximate surface area is 138 Å². The van der Waals surface area contributed by atoms with Gasteiger partial charge in [0.25, 0.3) is 0 Å². The number of para-hydroxylation sites is 2. The van der Waals surface area contributed by atoms with E-state index in [1.165, 1.54) is 0 Å². The molecule has 0 saturated carbocycles. The van der Waals surface area contributed by atoms with Gasteiger partial charge in [-0.1, -0.05) is 36.4 Å². The van der Waals surface area contributed by atoms with Crippen LogP contribution in [0.25, 0.3) is 0 Å². The fourth-order valence-electron chi connectivity index (χ4n) is 2.81. The summed E-state index contributed by atoms with van der Waals surface area (Å²) in [5.41, 5.74) is 1.63. The Morgan fingerprint density at radius 3 is 2.48 bits per heavy atom. The molecule has 4 heteroatoms. The Bertz CT molecular complexity index is 814. The topological polar surface area (TPSA) is 38.3 Å². The Hall–Kier alpha value is -2.59. The number of ketones is 1. The van der Waals surface area contributed by atoms with E-state index in [1.54, 1.807) is 11.3 Å². The molecule has 3 nitrogen and oxygen atoms in total. The van der Waals surface area contributed by atoms with Crippen LogP contribution in [0.2, 0.25) is 0 Å². The summed E-state index contributed by atoms with van der Waals surface area (Å²) in [6.07, 6.45) is -0.550.